The van der Waals surface area contributed by atoms with Crippen LogP contribution in [0.5, 0.6) is 0 Å². The molecule has 108 valence electrons. The molecule has 0 unspecified atom stereocenters. The van der Waals surface area contributed by atoms with Gasteiger partial charge >= 0.3 is 0 Å². The minimum atomic E-state index is -3.64. The zero-order chi connectivity index (χ0) is 14.0. The van der Waals surface area contributed by atoms with Crippen molar-refractivity contribution in [2.24, 2.45) is 0 Å². The number of nitrogens with zero attached hydrogens (tertiary/aromatic N) is 1. The maximum atomic E-state index is 12.7. The molecule has 0 atom stereocenters. The zero-order valence-corrected chi connectivity index (χ0v) is 12.0. The van der Waals surface area contributed by atoms with E-state index in [9.17, 15) is 13.5 Å². The fourth-order valence-electron chi connectivity index (χ4n) is 2.32. The van der Waals surface area contributed by atoms with Crippen LogP contribution >= 0.6 is 0 Å². The van der Waals surface area contributed by atoms with E-state index >= 15 is 0 Å². The standard InChI is InChI=1S/C12H19NO5S/c1-9-11(8-14)12(10(2)18-9)19(15,16)13-4-3-6-17-7-5-13/h14H,3-8H2,1-2H3. The Kier molecular flexibility index (Phi) is 4.29. The topological polar surface area (TPSA) is 80.0 Å². The van der Waals surface area contributed by atoms with Crippen LogP contribution in [0, 0.1) is 13.8 Å². The second kappa shape index (κ2) is 5.62. The summed E-state index contributed by atoms with van der Waals surface area (Å²) >= 11 is 0. The highest BCUT2D eigenvalue weighted by Gasteiger charge is 2.32. The number of hydrogen-bond acceptors (Lipinski definition) is 5. The summed E-state index contributed by atoms with van der Waals surface area (Å²) in [6, 6.07) is 0. The summed E-state index contributed by atoms with van der Waals surface area (Å²) in [7, 11) is -3.64. The highest BCUT2D eigenvalue weighted by Crippen LogP contribution is 2.29. The smallest absolute Gasteiger partial charge is 0.246 e. The van der Waals surface area contributed by atoms with Crippen molar-refractivity contribution >= 4 is 10.0 Å². The first kappa shape index (κ1) is 14.5. The summed E-state index contributed by atoms with van der Waals surface area (Å²) in [6.45, 7) is 4.64. The van der Waals surface area contributed by atoms with Crippen LogP contribution in [0.1, 0.15) is 23.5 Å². The molecule has 0 saturated carbocycles. The molecule has 0 bridgehead atoms. The molecule has 19 heavy (non-hydrogen) atoms. The van der Waals surface area contributed by atoms with E-state index < -0.39 is 10.0 Å². The van der Waals surface area contributed by atoms with Crippen LogP contribution in [-0.2, 0) is 21.4 Å². The normalized spacial score (nSPS) is 18.5. The van der Waals surface area contributed by atoms with Crippen molar-refractivity contribution in [2.75, 3.05) is 26.3 Å². The first-order valence-electron chi connectivity index (χ1n) is 6.26. The van der Waals surface area contributed by atoms with Crippen LogP contribution in [0.2, 0.25) is 0 Å². The lowest BCUT2D eigenvalue weighted by Gasteiger charge is -2.19. The van der Waals surface area contributed by atoms with Crippen molar-refractivity contribution < 1.29 is 22.7 Å². The quantitative estimate of drug-likeness (QED) is 0.890. The van der Waals surface area contributed by atoms with Gasteiger partial charge in [-0.1, -0.05) is 0 Å². The Bertz CT molecular complexity index is 541. The molecule has 1 aromatic rings. The van der Waals surface area contributed by atoms with Gasteiger partial charge in [0.15, 0.2) is 0 Å². The van der Waals surface area contributed by atoms with Gasteiger partial charge in [-0.15, -0.1) is 0 Å². The Morgan fingerprint density at radius 2 is 1.95 bits per heavy atom. The predicted octanol–water partition coefficient (Wildman–Crippen LogP) is 0.800. The highest BCUT2D eigenvalue weighted by molar-refractivity contribution is 7.89. The molecule has 1 N–H and O–H groups in total. The van der Waals surface area contributed by atoms with Gasteiger partial charge in [-0.05, 0) is 20.3 Å². The molecule has 0 spiro atoms. The third-order valence-electron chi connectivity index (χ3n) is 3.26. The lowest BCUT2D eigenvalue weighted by atomic mass is 10.2. The minimum Gasteiger partial charge on any atom is -0.465 e. The van der Waals surface area contributed by atoms with Crippen LogP contribution in [0.3, 0.4) is 0 Å². The molecular weight excluding hydrogens is 270 g/mol. The van der Waals surface area contributed by atoms with Crippen molar-refractivity contribution in [3.8, 4) is 0 Å². The third kappa shape index (κ3) is 2.69. The maximum absolute atomic E-state index is 12.7. The van der Waals surface area contributed by atoms with Crippen molar-refractivity contribution in [1.82, 2.24) is 4.31 Å². The summed E-state index contributed by atoms with van der Waals surface area (Å²) in [6.07, 6.45) is 0.670. The first-order chi connectivity index (χ1) is 8.98. The van der Waals surface area contributed by atoms with Crippen LogP contribution in [0.4, 0.5) is 0 Å². The van der Waals surface area contributed by atoms with Gasteiger partial charge in [-0.3, -0.25) is 0 Å². The zero-order valence-electron chi connectivity index (χ0n) is 11.2. The highest BCUT2D eigenvalue weighted by atomic mass is 32.2. The van der Waals surface area contributed by atoms with Crippen molar-refractivity contribution in [2.45, 2.75) is 31.8 Å². The van der Waals surface area contributed by atoms with Gasteiger partial charge in [0.05, 0.1) is 13.2 Å². The van der Waals surface area contributed by atoms with Gasteiger partial charge in [0.2, 0.25) is 10.0 Å². The van der Waals surface area contributed by atoms with Crippen molar-refractivity contribution in [3.63, 3.8) is 0 Å². The van der Waals surface area contributed by atoms with E-state index in [0.29, 0.717) is 49.8 Å². The molecule has 2 heterocycles. The molecule has 7 heteroatoms. The number of rotatable bonds is 3. The number of sulfonamides is 1. The van der Waals surface area contributed by atoms with Crippen molar-refractivity contribution in [1.29, 1.82) is 0 Å². The molecule has 0 amide bonds. The van der Waals surface area contributed by atoms with Crippen LogP contribution < -0.4 is 0 Å². The Morgan fingerprint density at radius 1 is 1.21 bits per heavy atom. The summed E-state index contributed by atoms with van der Waals surface area (Å²) in [5.41, 5.74) is 0.350. The number of furan rings is 1. The van der Waals surface area contributed by atoms with Crippen LogP contribution in [-0.4, -0.2) is 44.1 Å². The monoisotopic (exact) mass is 289 g/mol. The van der Waals surface area contributed by atoms with E-state index in [2.05, 4.69) is 0 Å². The Morgan fingerprint density at radius 3 is 2.63 bits per heavy atom. The maximum Gasteiger partial charge on any atom is 0.246 e. The lowest BCUT2D eigenvalue weighted by molar-refractivity contribution is 0.148. The van der Waals surface area contributed by atoms with Gasteiger partial charge in [-0.2, -0.15) is 4.31 Å². The van der Waals surface area contributed by atoms with E-state index in [1.54, 1.807) is 13.8 Å². The molecule has 1 aliphatic rings. The molecule has 0 aliphatic carbocycles. The molecule has 0 radical (unpaired) electrons. The minimum absolute atomic E-state index is 0.106. The number of aliphatic hydroxyl groups excluding tert-OH is 1. The van der Waals surface area contributed by atoms with Gasteiger partial charge in [-0.25, -0.2) is 8.42 Å². The number of hydrogen-bond donors (Lipinski definition) is 1. The van der Waals surface area contributed by atoms with Crippen molar-refractivity contribution in [3.05, 3.63) is 17.1 Å². The van der Waals surface area contributed by atoms with E-state index in [4.69, 9.17) is 9.15 Å². The Balaban J connectivity index is 2.43. The summed E-state index contributed by atoms with van der Waals surface area (Å²) in [4.78, 5) is 0.106. The number of aliphatic hydroxyl groups is 1. The average molecular weight is 289 g/mol. The van der Waals surface area contributed by atoms with Gasteiger partial charge in [0.1, 0.15) is 16.4 Å². The van der Waals surface area contributed by atoms with E-state index in [1.807, 2.05) is 0 Å². The summed E-state index contributed by atoms with van der Waals surface area (Å²) in [5.74, 6) is 0.774. The largest absolute Gasteiger partial charge is 0.465 e. The molecule has 1 fully saturated rings. The average Bonchev–Trinajstić information content (AvgIpc) is 2.58. The van der Waals surface area contributed by atoms with E-state index in [-0.39, 0.29) is 11.5 Å². The fraction of sp³-hybridized carbons (Fsp3) is 0.667. The lowest BCUT2D eigenvalue weighted by Crippen LogP contribution is -2.34. The van der Waals surface area contributed by atoms with Crippen LogP contribution in [0.15, 0.2) is 9.31 Å². The van der Waals surface area contributed by atoms with E-state index in [1.165, 1.54) is 4.31 Å². The van der Waals surface area contributed by atoms with Gasteiger partial charge in [0.25, 0.3) is 0 Å². The predicted molar refractivity (Wildman–Crippen MR) is 68.3 cm³/mol. The summed E-state index contributed by atoms with van der Waals surface area (Å²) < 4.78 is 37.3. The van der Waals surface area contributed by atoms with E-state index in [0.717, 1.165) is 0 Å². The number of aryl methyl sites for hydroxylation is 2. The van der Waals surface area contributed by atoms with Gasteiger partial charge in [0, 0.05) is 25.3 Å². The second-order valence-electron chi connectivity index (χ2n) is 4.55. The SMILES string of the molecule is Cc1oc(C)c(S(=O)(=O)N2CCCOCC2)c1CO. The Labute approximate surface area is 113 Å². The number of ether oxygens (including phenoxy) is 1. The van der Waals surface area contributed by atoms with Gasteiger partial charge < -0.3 is 14.3 Å². The Hall–Kier alpha value is -0.890. The molecule has 1 aliphatic heterocycles. The molecule has 1 saturated heterocycles. The molecule has 1 aromatic heterocycles. The first-order valence-corrected chi connectivity index (χ1v) is 7.70. The molecule has 2 rings (SSSR count). The third-order valence-corrected chi connectivity index (χ3v) is 5.36. The van der Waals surface area contributed by atoms with Crippen LogP contribution in [0.25, 0.3) is 0 Å². The second-order valence-corrected chi connectivity index (χ2v) is 6.43. The molecule has 6 nitrogen and oxygen atoms in total. The molecule has 0 aromatic carbocycles. The molecular formula is C12H19NO5S. The fourth-order valence-corrected chi connectivity index (χ4v) is 4.19. The summed E-state index contributed by atoms with van der Waals surface area (Å²) in [5, 5.41) is 9.36.